The maximum absolute atomic E-state index is 13.2. The van der Waals surface area contributed by atoms with E-state index >= 15 is 0 Å². The molecule has 1 amide bonds. The molecule has 1 fully saturated rings. The second-order valence-corrected chi connectivity index (χ2v) is 8.62. The molecule has 1 aliphatic heterocycles. The number of fused-ring (bicyclic) bond motifs is 1. The first kappa shape index (κ1) is 20.6. The molecule has 1 N–H and O–H groups in total. The number of nitrogens with zero attached hydrogens (tertiary/aromatic N) is 3. The number of hydrogen-bond donors (Lipinski definition) is 1. The molecule has 0 spiro atoms. The highest BCUT2D eigenvalue weighted by Gasteiger charge is 2.30. The van der Waals surface area contributed by atoms with Gasteiger partial charge in [-0.2, -0.15) is 5.10 Å². The lowest BCUT2D eigenvalue weighted by molar-refractivity contribution is -0.143. The van der Waals surface area contributed by atoms with Gasteiger partial charge in [-0.05, 0) is 68.2 Å². The van der Waals surface area contributed by atoms with Crippen LogP contribution < -0.4 is 0 Å². The summed E-state index contributed by atoms with van der Waals surface area (Å²) < 4.78 is 15.1. The number of hydrogen-bond acceptors (Lipinski definition) is 3. The third-order valence-corrected chi connectivity index (χ3v) is 6.60. The number of benzene rings is 1. The quantitative estimate of drug-likeness (QED) is 0.814. The number of rotatable bonds is 5. The summed E-state index contributed by atoms with van der Waals surface area (Å²) in [5.74, 6) is -0.802. The SMILES string of the molecule is Cc1nn(Cc2ccc(F)cc2)c2c1CCN(C(=O)C[C@H]1CC[C@H](C(=O)O)CC1)C2. The number of aromatic nitrogens is 2. The minimum atomic E-state index is -0.715. The van der Waals surface area contributed by atoms with E-state index in [2.05, 4.69) is 5.10 Å². The highest BCUT2D eigenvalue weighted by Crippen LogP contribution is 2.32. The Balaban J connectivity index is 1.41. The van der Waals surface area contributed by atoms with Crippen molar-refractivity contribution in [2.45, 2.75) is 58.5 Å². The predicted molar refractivity (Wildman–Crippen MR) is 109 cm³/mol. The zero-order valence-corrected chi connectivity index (χ0v) is 17.3. The maximum atomic E-state index is 13.2. The zero-order chi connectivity index (χ0) is 21.3. The maximum Gasteiger partial charge on any atom is 0.306 e. The molecule has 30 heavy (non-hydrogen) atoms. The summed E-state index contributed by atoms with van der Waals surface area (Å²) in [6.07, 6.45) is 4.24. The van der Waals surface area contributed by atoms with Crippen LogP contribution in [0.1, 0.15) is 54.6 Å². The number of halogens is 1. The molecular weight excluding hydrogens is 385 g/mol. The lowest BCUT2D eigenvalue weighted by Crippen LogP contribution is -2.38. The highest BCUT2D eigenvalue weighted by molar-refractivity contribution is 5.77. The number of carbonyl (C=O) groups is 2. The van der Waals surface area contributed by atoms with Crippen molar-refractivity contribution in [2.75, 3.05) is 6.54 Å². The third kappa shape index (κ3) is 4.40. The molecule has 4 rings (SSSR count). The monoisotopic (exact) mass is 413 g/mol. The van der Waals surface area contributed by atoms with Gasteiger partial charge in [0.15, 0.2) is 0 Å². The van der Waals surface area contributed by atoms with Crippen molar-refractivity contribution in [1.82, 2.24) is 14.7 Å². The van der Waals surface area contributed by atoms with Crippen LogP contribution >= 0.6 is 0 Å². The Morgan fingerprint density at radius 2 is 1.87 bits per heavy atom. The molecule has 0 radical (unpaired) electrons. The van der Waals surface area contributed by atoms with Crippen molar-refractivity contribution in [2.24, 2.45) is 11.8 Å². The van der Waals surface area contributed by atoms with Gasteiger partial charge in [0, 0.05) is 13.0 Å². The summed E-state index contributed by atoms with van der Waals surface area (Å²) >= 11 is 0. The van der Waals surface area contributed by atoms with E-state index in [1.807, 2.05) is 16.5 Å². The lowest BCUT2D eigenvalue weighted by Gasteiger charge is -2.31. The average molecular weight is 413 g/mol. The average Bonchev–Trinajstić information content (AvgIpc) is 3.05. The van der Waals surface area contributed by atoms with Gasteiger partial charge < -0.3 is 10.0 Å². The first-order valence-corrected chi connectivity index (χ1v) is 10.7. The van der Waals surface area contributed by atoms with Gasteiger partial charge in [-0.3, -0.25) is 14.3 Å². The van der Waals surface area contributed by atoms with Crippen molar-refractivity contribution in [3.63, 3.8) is 0 Å². The number of carboxylic acids is 1. The largest absolute Gasteiger partial charge is 0.481 e. The molecule has 2 aromatic rings. The molecule has 0 unspecified atom stereocenters. The van der Waals surface area contributed by atoms with Gasteiger partial charge in [0.25, 0.3) is 0 Å². The lowest BCUT2D eigenvalue weighted by atomic mass is 9.80. The highest BCUT2D eigenvalue weighted by atomic mass is 19.1. The van der Waals surface area contributed by atoms with Crippen molar-refractivity contribution < 1.29 is 19.1 Å². The summed E-state index contributed by atoms with van der Waals surface area (Å²) in [5, 5.41) is 13.8. The molecular formula is C23H28FN3O3. The fourth-order valence-electron chi connectivity index (χ4n) is 4.77. The van der Waals surface area contributed by atoms with E-state index in [4.69, 9.17) is 5.11 Å². The van der Waals surface area contributed by atoms with Crippen LogP contribution in [0.2, 0.25) is 0 Å². The first-order valence-electron chi connectivity index (χ1n) is 10.7. The van der Waals surface area contributed by atoms with Crippen LogP contribution in [-0.2, 0) is 29.1 Å². The standard InChI is InChI=1S/C23H28FN3O3/c1-15-20-10-11-26(22(28)12-16-2-6-18(7-3-16)23(29)30)14-21(20)27(25-15)13-17-4-8-19(24)9-5-17/h4-5,8-9,16,18H,2-3,6-7,10-14H2,1H3,(H,29,30)/t16-,18-. The summed E-state index contributed by atoms with van der Waals surface area (Å²) in [5.41, 5.74) is 4.24. The van der Waals surface area contributed by atoms with Crippen LogP contribution in [-0.4, -0.2) is 38.2 Å². The predicted octanol–water partition coefficient (Wildman–Crippen LogP) is 3.54. The number of carbonyl (C=O) groups excluding carboxylic acids is 1. The van der Waals surface area contributed by atoms with Crippen LogP contribution in [0.4, 0.5) is 4.39 Å². The van der Waals surface area contributed by atoms with Crippen molar-refractivity contribution in [3.8, 4) is 0 Å². The van der Waals surface area contributed by atoms with E-state index < -0.39 is 5.97 Å². The topological polar surface area (TPSA) is 75.4 Å². The molecule has 6 nitrogen and oxygen atoms in total. The van der Waals surface area contributed by atoms with Crippen LogP contribution in [0.25, 0.3) is 0 Å². The summed E-state index contributed by atoms with van der Waals surface area (Å²) in [4.78, 5) is 26.0. The van der Waals surface area contributed by atoms with Crippen LogP contribution in [0, 0.1) is 24.6 Å². The number of aryl methyl sites for hydroxylation is 1. The molecule has 7 heteroatoms. The Morgan fingerprint density at radius 3 is 2.53 bits per heavy atom. The Hall–Kier alpha value is -2.70. The molecule has 1 aromatic carbocycles. The molecule has 2 aliphatic rings. The fraction of sp³-hybridized carbons (Fsp3) is 0.522. The third-order valence-electron chi connectivity index (χ3n) is 6.60. The normalized spacial score (nSPS) is 21.3. The second kappa shape index (κ2) is 8.58. The summed E-state index contributed by atoms with van der Waals surface area (Å²) in [7, 11) is 0. The minimum Gasteiger partial charge on any atom is -0.481 e. The van der Waals surface area contributed by atoms with Gasteiger partial charge in [0.1, 0.15) is 5.82 Å². The Morgan fingerprint density at radius 1 is 1.17 bits per heavy atom. The van der Waals surface area contributed by atoms with Gasteiger partial charge in [-0.1, -0.05) is 12.1 Å². The Labute approximate surface area is 175 Å². The van der Waals surface area contributed by atoms with Crippen molar-refractivity contribution >= 4 is 11.9 Å². The molecule has 0 bridgehead atoms. The van der Waals surface area contributed by atoms with Crippen LogP contribution in [0.15, 0.2) is 24.3 Å². The van der Waals surface area contributed by atoms with Gasteiger partial charge >= 0.3 is 5.97 Å². The van der Waals surface area contributed by atoms with Gasteiger partial charge in [0.05, 0.1) is 30.4 Å². The molecule has 1 aromatic heterocycles. The Bertz CT molecular complexity index is 930. The van der Waals surface area contributed by atoms with E-state index in [9.17, 15) is 14.0 Å². The Kier molecular flexibility index (Phi) is 5.88. The molecule has 160 valence electrons. The van der Waals surface area contributed by atoms with Crippen molar-refractivity contribution in [1.29, 1.82) is 0 Å². The van der Waals surface area contributed by atoms with E-state index in [1.165, 1.54) is 17.7 Å². The molecule has 1 aliphatic carbocycles. The van der Waals surface area contributed by atoms with E-state index in [1.54, 1.807) is 12.1 Å². The molecule has 1 saturated carbocycles. The van der Waals surface area contributed by atoms with Gasteiger partial charge in [0.2, 0.25) is 5.91 Å². The summed E-state index contributed by atoms with van der Waals surface area (Å²) in [6.45, 7) is 3.79. The number of carboxylic acid groups (broad SMARTS) is 1. The molecule has 0 atom stereocenters. The van der Waals surface area contributed by atoms with E-state index in [0.717, 1.165) is 36.2 Å². The van der Waals surface area contributed by atoms with E-state index in [0.29, 0.717) is 38.9 Å². The number of aliphatic carboxylic acids is 1. The minimum absolute atomic E-state index is 0.145. The van der Waals surface area contributed by atoms with Gasteiger partial charge in [-0.25, -0.2) is 4.39 Å². The summed E-state index contributed by atoms with van der Waals surface area (Å²) in [6, 6.07) is 6.43. The second-order valence-electron chi connectivity index (χ2n) is 8.62. The zero-order valence-electron chi connectivity index (χ0n) is 17.3. The van der Waals surface area contributed by atoms with Crippen LogP contribution in [0.3, 0.4) is 0 Å². The fourth-order valence-corrected chi connectivity index (χ4v) is 4.77. The van der Waals surface area contributed by atoms with Gasteiger partial charge in [-0.15, -0.1) is 0 Å². The smallest absolute Gasteiger partial charge is 0.306 e. The molecule has 2 heterocycles. The number of amides is 1. The van der Waals surface area contributed by atoms with E-state index in [-0.39, 0.29) is 23.6 Å². The van der Waals surface area contributed by atoms with Crippen LogP contribution in [0.5, 0.6) is 0 Å². The van der Waals surface area contributed by atoms with Crippen molar-refractivity contribution in [3.05, 3.63) is 52.6 Å². The molecule has 0 saturated heterocycles. The first-order chi connectivity index (χ1) is 14.4.